The van der Waals surface area contributed by atoms with Crippen LogP contribution >= 0.6 is 0 Å². The monoisotopic (exact) mass is 193 g/mol. The molecular formula is C9H11N3O2. The molecule has 0 aromatic carbocycles. The summed E-state index contributed by atoms with van der Waals surface area (Å²) in [5.74, 6) is -0.368. The van der Waals surface area contributed by atoms with Gasteiger partial charge < -0.3 is 0 Å². The Balaban J connectivity index is 2.12. The van der Waals surface area contributed by atoms with Gasteiger partial charge in [0, 0.05) is 18.5 Å². The number of amides is 2. The fourth-order valence-electron chi connectivity index (χ4n) is 1.56. The van der Waals surface area contributed by atoms with E-state index in [1.165, 1.54) is 4.90 Å². The van der Waals surface area contributed by atoms with Crippen molar-refractivity contribution in [2.24, 2.45) is 5.92 Å². The molecule has 1 aromatic heterocycles. The molecule has 1 aliphatic rings. The molecular weight excluding hydrogens is 182 g/mol. The lowest BCUT2D eigenvalue weighted by Gasteiger charge is -2.12. The van der Waals surface area contributed by atoms with Crippen LogP contribution in [0.1, 0.15) is 19.0 Å². The maximum atomic E-state index is 11.5. The Morgan fingerprint density at radius 1 is 1.64 bits per heavy atom. The van der Waals surface area contributed by atoms with E-state index in [-0.39, 0.29) is 17.7 Å². The topological polar surface area (TPSA) is 66.1 Å². The van der Waals surface area contributed by atoms with Gasteiger partial charge >= 0.3 is 0 Å². The minimum atomic E-state index is -0.176. The third-order valence-electron chi connectivity index (χ3n) is 2.36. The number of rotatable bonds is 2. The molecule has 2 amide bonds. The van der Waals surface area contributed by atoms with Crippen molar-refractivity contribution in [2.75, 3.05) is 0 Å². The maximum absolute atomic E-state index is 11.5. The van der Waals surface area contributed by atoms with Crippen LogP contribution in [-0.2, 0) is 16.1 Å². The highest BCUT2D eigenvalue weighted by atomic mass is 16.2. The van der Waals surface area contributed by atoms with Crippen LogP contribution in [0.15, 0.2) is 12.3 Å². The second kappa shape index (κ2) is 3.25. The van der Waals surface area contributed by atoms with Crippen LogP contribution in [0.4, 0.5) is 0 Å². The Kier molecular flexibility index (Phi) is 2.07. The molecule has 5 heteroatoms. The molecule has 2 heterocycles. The largest absolute Gasteiger partial charge is 0.281 e. The molecule has 1 aromatic rings. The second-order valence-electron chi connectivity index (χ2n) is 3.51. The number of carbonyl (C=O) groups excluding carboxylic acids is 2. The molecule has 1 atom stereocenters. The summed E-state index contributed by atoms with van der Waals surface area (Å²) >= 11 is 0. The van der Waals surface area contributed by atoms with Crippen LogP contribution in [0.3, 0.4) is 0 Å². The summed E-state index contributed by atoms with van der Waals surface area (Å²) in [5, 5.41) is 6.48. The quantitative estimate of drug-likeness (QED) is 0.687. The molecule has 14 heavy (non-hydrogen) atoms. The highest BCUT2D eigenvalue weighted by Gasteiger charge is 2.35. The van der Waals surface area contributed by atoms with Crippen LogP contribution in [0.25, 0.3) is 0 Å². The molecule has 5 nitrogen and oxygen atoms in total. The van der Waals surface area contributed by atoms with Crippen molar-refractivity contribution >= 4 is 11.8 Å². The summed E-state index contributed by atoms with van der Waals surface area (Å²) < 4.78 is 0. The Morgan fingerprint density at radius 3 is 2.93 bits per heavy atom. The average molecular weight is 193 g/mol. The molecule has 0 radical (unpaired) electrons. The van der Waals surface area contributed by atoms with Gasteiger partial charge in [0.1, 0.15) is 0 Å². The molecule has 74 valence electrons. The summed E-state index contributed by atoms with van der Waals surface area (Å²) in [6, 6.07) is 1.75. The number of carbonyl (C=O) groups is 2. The highest BCUT2D eigenvalue weighted by molar-refractivity contribution is 6.03. The van der Waals surface area contributed by atoms with Crippen LogP contribution in [0.2, 0.25) is 0 Å². The summed E-state index contributed by atoms with van der Waals surface area (Å²) in [4.78, 5) is 24.2. The van der Waals surface area contributed by atoms with E-state index in [1.807, 2.05) is 0 Å². The molecule has 1 saturated heterocycles. The van der Waals surface area contributed by atoms with Gasteiger partial charge in [-0.15, -0.1) is 0 Å². The number of imide groups is 1. The number of hydrogen-bond donors (Lipinski definition) is 1. The summed E-state index contributed by atoms with van der Waals surface area (Å²) in [7, 11) is 0. The first kappa shape index (κ1) is 8.93. The zero-order chi connectivity index (χ0) is 10.1. The number of H-pyrrole nitrogens is 1. The van der Waals surface area contributed by atoms with Crippen molar-refractivity contribution in [1.29, 1.82) is 0 Å². The zero-order valence-electron chi connectivity index (χ0n) is 7.86. The Labute approximate surface area is 81.1 Å². The molecule has 1 unspecified atom stereocenters. The molecule has 0 saturated carbocycles. The van der Waals surface area contributed by atoms with Gasteiger partial charge in [-0.2, -0.15) is 5.10 Å². The summed E-state index contributed by atoms with van der Waals surface area (Å²) in [5.41, 5.74) is 0.779. The van der Waals surface area contributed by atoms with E-state index in [0.29, 0.717) is 13.0 Å². The van der Waals surface area contributed by atoms with Gasteiger partial charge in [-0.05, 0) is 6.07 Å². The molecule has 0 spiro atoms. The van der Waals surface area contributed by atoms with E-state index in [2.05, 4.69) is 10.2 Å². The first-order valence-electron chi connectivity index (χ1n) is 4.51. The van der Waals surface area contributed by atoms with Gasteiger partial charge in [-0.25, -0.2) is 0 Å². The second-order valence-corrected chi connectivity index (χ2v) is 3.51. The molecule has 1 N–H and O–H groups in total. The smallest absolute Gasteiger partial charge is 0.232 e. The van der Waals surface area contributed by atoms with E-state index >= 15 is 0 Å². The molecule has 2 rings (SSSR count). The zero-order valence-corrected chi connectivity index (χ0v) is 7.86. The predicted molar refractivity (Wildman–Crippen MR) is 47.9 cm³/mol. The lowest BCUT2D eigenvalue weighted by atomic mass is 10.1. The number of aromatic nitrogens is 2. The summed E-state index contributed by atoms with van der Waals surface area (Å²) in [6.45, 7) is 2.08. The maximum Gasteiger partial charge on any atom is 0.232 e. The Morgan fingerprint density at radius 2 is 2.43 bits per heavy atom. The Hall–Kier alpha value is -1.65. The van der Waals surface area contributed by atoms with Gasteiger partial charge in [0.25, 0.3) is 0 Å². The highest BCUT2D eigenvalue weighted by Crippen LogP contribution is 2.20. The lowest BCUT2D eigenvalue weighted by Crippen LogP contribution is -2.29. The van der Waals surface area contributed by atoms with Gasteiger partial charge in [0.2, 0.25) is 11.8 Å². The molecule has 0 bridgehead atoms. The number of nitrogens with zero attached hydrogens (tertiary/aromatic N) is 2. The lowest BCUT2D eigenvalue weighted by molar-refractivity contribution is -0.139. The van der Waals surface area contributed by atoms with Crippen LogP contribution in [-0.4, -0.2) is 26.9 Å². The summed E-state index contributed by atoms with van der Waals surface area (Å²) in [6.07, 6.45) is 1.93. The van der Waals surface area contributed by atoms with Gasteiger partial charge in [0.05, 0.1) is 12.2 Å². The number of hydrogen-bond acceptors (Lipinski definition) is 3. The first-order valence-corrected chi connectivity index (χ1v) is 4.51. The van der Waals surface area contributed by atoms with Gasteiger partial charge in [-0.1, -0.05) is 6.92 Å². The van der Waals surface area contributed by atoms with Crippen molar-refractivity contribution in [1.82, 2.24) is 15.1 Å². The van der Waals surface area contributed by atoms with Crippen LogP contribution in [0, 0.1) is 5.92 Å². The van der Waals surface area contributed by atoms with E-state index in [0.717, 1.165) is 5.69 Å². The van der Waals surface area contributed by atoms with Crippen molar-refractivity contribution < 1.29 is 9.59 Å². The van der Waals surface area contributed by atoms with Crippen LogP contribution < -0.4 is 0 Å². The standard InChI is InChI=1S/C9H11N3O2/c1-6-4-8(13)12(9(6)14)5-7-2-3-10-11-7/h2-3,6H,4-5H2,1H3,(H,10,11). The number of likely N-dealkylation sites (tertiary alicyclic amines) is 1. The Bertz CT molecular complexity index is 358. The third kappa shape index (κ3) is 1.41. The minimum Gasteiger partial charge on any atom is -0.281 e. The first-order chi connectivity index (χ1) is 6.68. The van der Waals surface area contributed by atoms with E-state index in [1.54, 1.807) is 19.2 Å². The molecule has 1 fully saturated rings. The fraction of sp³-hybridized carbons (Fsp3) is 0.444. The van der Waals surface area contributed by atoms with Crippen molar-refractivity contribution in [3.8, 4) is 0 Å². The normalized spacial score (nSPS) is 22.1. The van der Waals surface area contributed by atoms with Gasteiger partial charge in [0.15, 0.2) is 0 Å². The predicted octanol–water partition coefficient (Wildman–Crippen LogP) is 0.305. The third-order valence-corrected chi connectivity index (χ3v) is 2.36. The number of aromatic amines is 1. The number of nitrogens with one attached hydrogen (secondary N) is 1. The SMILES string of the molecule is CC1CC(=O)N(Cc2ccn[nH]2)C1=O. The van der Waals surface area contributed by atoms with Gasteiger partial charge in [-0.3, -0.25) is 19.6 Å². The minimum absolute atomic E-state index is 0.0930. The van der Waals surface area contributed by atoms with Crippen molar-refractivity contribution in [3.05, 3.63) is 18.0 Å². The van der Waals surface area contributed by atoms with E-state index in [4.69, 9.17) is 0 Å². The molecule has 0 aliphatic carbocycles. The van der Waals surface area contributed by atoms with E-state index in [9.17, 15) is 9.59 Å². The van der Waals surface area contributed by atoms with Crippen LogP contribution in [0.5, 0.6) is 0 Å². The molecule has 1 aliphatic heterocycles. The van der Waals surface area contributed by atoms with E-state index < -0.39 is 0 Å². The fourth-order valence-corrected chi connectivity index (χ4v) is 1.56. The van der Waals surface area contributed by atoms with Crippen molar-refractivity contribution in [2.45, 2.75) is 19.9 Å². The average Bonchev–Trinajstić information content (AvgIpc) is 2.71. The van der Waals surface area contributed by atoms with Crippen molar-refractivity contribution in [3.63, 3.8) is 0 Å².